The number of hydrogen-bond acceptors (Lipinski definition) is 0. The van der Waals surface area contributed by atoms with Crippen molar-refractivity contribution in [1.82, 2.24) is 0 Å². The van der Waals surface area contributed by atoms with Crippen molar-refractivity contribution in [3.05, 3.63) is 56.0 Å². The molecule has 0 spiro atoms. The van der Waals surface area contributed by atoms with Crippen LogP contribution in [0.2, 0.25) is 0 Å². The van der Waals surface area contributed by atoms with E-state index in [-0.39, 0.29) is 58.8 Å². The van der Waals surface area contributed by atoms with Crippen LogP contribution in [0.5, 0.6) is 0 Å². The third-order valence-corrected chi connectivity index (χ3v) is 1.37. The van der Waals surface area contributed by atoms with Gasteiger partial charge in [0.25, 0.3) is 0 Å². The Morgan fingerprint density at radius 3 is 2.17 bits per heavy atom. The second-order valence-corrected chi connectivity index (χ2v) is 1.96. The molecule has 1 heteroatoms. The van der Waals surface area contributed by atoms with Gasteiger partial charge in [-0.05, 0) is 0 Å². The Morgan fingerprint density at radius 1 is 1.17 bits per heavy atom. The van der Waals surface area contributed by atoms with Crippen LogP contribution in [0.15, 0.2) is 31.4 Å². The van der Waals surface area contributed by atoms with Crippen LogP contribution in [0.3, 0.4) is 0 Å². The van der Waals surface area contributed by atoms with E-state index in [0.717, 1.165) is 11.1 Å². The van der Waals surface area contributed by atoms with Crippen LogP contribution in [0.4, 0.5) is 0 Å². The molecule has 0 atom stereocenters. The first-order chi connectivity index (χ1) is 4.88. The Bertz CT molecular complexity index is 224. The third-order valence-electron chi connectivity index (χ3n) is 1.37. The van der Waals surface area contributed by atoms with Crippen molar-refractivity contribution in [3.63, 3.8) is 0 Å². The maximum Gasteiger partial charge on any atom is 1.00 e. The fraction of sp³-hybridized carbons (Fsp3) is 0. The standard InChI is InChI=1S/C10H9.CH3.K/c1-3-9-7-5-6-8-10(9)4-2;;/h3-5,7-8H,1-2H2;1H3;/q2*-1;+1. The molecule has 0 N–H and O–H groups in total. The minimum absolute atomic E-state index is 0. The molecule has 0 radical (unpaired) electrons. The van der Waals surface area contributed by atoms with Crippen LogP contribution in [-0.4, -0.2) is 0 Å². The summed E-state index contributed by atoms with van der Waals surface area (Å²) < 4.78 is 0. The topological polar surface area (TPSA) is 0 Å². The van der Waals surface area contributed by atoms with Crippen molar-refractivity contribution in [1.29, 1.82) is 0 Å². The summed E-state index contributed by atoms with van der Waals surface area (Å²) in [7, 11) is 0. The van der Waals surface area contributed by atoms with Gasteiger partial charge in [0.05, 0.1) is 0 Å². The zero-order valence-electron chi connectivity index (χ0n) is 7.80. The summed E-state index contributed by atoms with van der Waals surface area (Å²) in [6, 6.07) is 8.69. The largest absolute Gasteiger partial charge is 1.00 e. The Hall–Kier alpha value is 0.336. The van der Waals surface area contributed by atoms with Gasteiger partial charge in [-0.25, -0.2) is 0 Å². The van der Waals surface area contributed by atoms with E-state index in [1.54, 1.807) is 6.08 Å². The van der Waals surface area contributed by atoms with E-state index in [0.29, 0.717) is 0 Å². The third kappa shape index (κ3) is 3.83. The molecule has 12 heavy (non-hydrogen) atoms. The molecule has 58 valence electrons. The van der Waals surface area contributed by atoms with Gasteiger partial charge in [0.15, 0.2) is 0 Å². The van der Waals surface area contributed by atoms with Gasteiger partial charge >= 0.3 is 51.4 Å². The van der Waals surface area contributed by atoms with Gasteiger partial charge < -0.3 is 7.43 Å². The molecule has 0 aromatic heterocycles. The van der Waals surface area contributed by atoms with Crippen LogP contribution in [-0.2, 0) is 0 Å². The van der Waals surface area contributed by atoms with E-state index in [4.69, 9.17) is 0 Å². The quantitative estimate of drug-likeness (QED) is 0.455. The van der Waals surface area contributed by atoms with Gasteiger partial charge in [0.2, 0.25) is 0 Å². The summed E-state index contributed by atoms with van der Waals surface area (Å²) >= 11 is 0. The first-order valence-electron chi connectivity index (χ1n) is 3.13. The summed E-state index contributed by atoms with van der Waals surface area (Å²) in [5.41, 5.74) is 2.19. The number of rotatable bonds is 2. The summed E-state index contributed by atoms with van der Waals surface area (Å²) in [5, 5.41) is 0. The maximum atomic E-state index is 3.68. The summed E-state index contributed by atoms with van der Waals surface area (Å²) in [6.45, 7) is 7.35. The molecule has 0 aliphatic heterocycles. The maximum absolute atomic E-state index is 3.68. The van der Waals surface area contributed by atoms with Gasteiger partial charge in [-0.3, -0.25) is 0 Å². The van der Waals surface area contributed by atoms with E-state index in [9.17, 15) is 0 Å². The van der Waals surface area contributed by atoms with Crippen molar-refractivity contribution < 1.29 is 51.4 Å². The summed E-state index contributed by atoms with van der Waals surface area (Å²) in [5.74, 6) is 0. The molecular weight excluding hydrogens is 171 g/mol. The molecular formula is C11H12K-. The molecule has 1 aromatic rings. The zero-order valence-corrected chi connectivity index (χ0v) is 10.9. The molecule has 0 fully saturated rings. The second kappa shape index (κ2) is 7.96. The second-order valence-electron chi connectivity index (χ2n) is 1.96. The fourth-order valence-electron chi connectivity index (χ4n) is 0.818. The van der Waals surface area contributed by atoms with E-state index in [1.165, 1.54) is 0 Å². The number of benzene rings is 1. The van der Waals surface area contributed by atoms with Crippen molar-refractivity contribution in [2.75, 3.05) is 0 Å². The van der Waals surface area contributed by atoms with Crippen LogP contribution in [0.25, 0.3) is 12.2 Å². The SMILES string of the molecule is C=Cc1c[c-]ccc1C=C.[CH3-].[K+]. The van der Waals surface area contributed by atoms with Crippen LogP contribution in [0.1, 0.15) is 11.1 Å². The van der Waals surface area contributed by atoms with Crippen LogP contribution < -0.4 is 51.4 Å². The minimum Gasteiger partial charge on any atom is -0.358 e. The van der Waals surface area contributed by atoms with Gasteiger partial charge in [-0.15, -0.1) is 30.4 Å². The summed E-state index contributed by atoms with van der Waals surface area (Å²) in [4.78, 5) is 0. The molecule has 0 amide bonds. The monoisotopic (exact) mass is 183 g/mol. The first-order valence-corrected chi connectivity index (χ1v) is 3.13. The minimum atomic E-state index is 0. The Kier molecular flexibility index (Phi) is 9.84. The van der Waals surface area contributed by atoms with Crippen molar-refractivity contribution in [2.45, 2.75) is 0 Å². The van der Waals surface area contributed by atoms with Crippen molar-refractivity contribution >= 4 is 12.2 Å². The molecule has 0 saturated carbocycles. The average Bonchev–Trinajstić information content (AvgIpc) is 2.04. The van der Waals surface area contributed by atoms with Gasteiger partial charge in [0.1, 0.15) is 0 Å². The van der Waals surface area contributed by atoms with E-state index in [1.807, 2.05) is 24.3 Å². The van der Waals surface area contributed by atoms with Gasteiger partial charge in [-0.2, -0.15) is 24.3 Å². The number of hydrogen-bond donors (Lipinski definition) is 0. The predicted molar refractivity (Wildman–Crippen MR) is 51.9 cm³/mol. The van der Waals surface area contributed by atoms with Crippen molar-refractivity contribution in [2.24, 2.45) is 0 Å². The van der Waals surface area contributed by atoms with E-state index >= 15 is 0 Å². The van der Waals surface area contributed by atoms with Gasteiger partial charge in [0, 0.05) is 0 Å². The van der Waals surface area contributed by atoms with Gasteiger partial charge in [-0.1, -0.05) is 6.08 Å². The van der Waals surface area contributed by atoms with E-state index < -0.39 is 0 Å². The molecule has 0 heterocycles. The van der Waals surface area contributed by atoms with E-state index in [2.05, 4.69) is 19.2 Å². The molecule has 0 aliphatic rings. The molecule has 1 aromatic carbocycles. The average molecular weight is 183 g/mol. The predicted octanol–water partition coefficient (Wildman–Crippen LogP) is 0.227. The summed E-state index contributed by atoms with van der Waals surface area (Å²) in [6.07, 6.45) is 3.61. The molecule has 0 aliphatic carbocycles. The molecule has 1 rings (SSSR count). The fourth-order valence-corrected chi connectivity index (χ4v) is 0.818. The molecule has 0 unspecified atom stereocenters. The Morgan fingerprint density at radius 2 is 1.75 bits per heavy atom. The Balaban J connectivity index is 0. The zero-order chi connectivity index (χ0) is 7.40. The normalized spacial score (nSPS) is 7.33. The van der Waals surface area contributed by atoms with Crippen molar-refractivity contribution in [3.8, 4) is 0 Å². The Labute approximate surface area is 118 Å². The first kappa shape index (κ1) is 14.8. The molecule has 0 saturated heterocycles. The molecule has 0 nitrogen and oxygen atoms in total. The van der Waals surface area contributed by atoms with Crippen LogP contribution in [0, 0.1) is 13.5 Å². The smallest absolute Gasteiger partial charge is 0.358 e. The molecule has 0 bridgehead atoms. The van der Waals surface area contributed by atoms with Crippen LogP contribution >= 0.6 is 0 Å².